The lowest BCUT2D eigenvalue weighted by molar-refractivity contribution is 0.0367. The van der Waals surface area contributed by atoms with Crippen molar-refractivity contribution < 1.29 is 14.2 Å². The smallest absolute Gasteiger partial charge is 0.173 e. The summed E-state index contributed by atoms with van der Waals surface area (Å²) in [6.07, 6.45) is 1.02. The first-order chi connectivity index (χ1) is 15.5. The SMILES string of the molecule is COc1ccc(CN(CCCN2CCOCC2)C(=S)Nc2ccc(C)c(C)c2)c(OC)c1. The maximum atomic E-state index is 5.85. The maximum absolute atomic E-state index is 5.85. The van der Waals surface area contributed by atoms with E-state index in [0.29, 0.717) is 11.7 Å². The lowest BCUT2D eigenvalue weighted by Crippen LogP contribution is -2.40. The Bertz CT molecular complexity index is 900. The van der Waals surface area contributed by atoms with E-state index in [1.807, 2.05) is 18.2 Å². The van der Waals surface area contributed by atoms with Crippen LogP contribution in [-0.2, 0) is 11.3 Å². The van der Waals surface area contributed by atoms with Crippen molar-refractivity contribution in [2.24, 2.45) is 0 Å². The fraction of sp³-hybridized carbons (Fsp3) is 0.480. The first-order valence-corrected chi connectivity index (χ1v) is 11.5. The Hall–Kier alpha value is -2.35. The molecule has 1 aliphatic rings. The van der Waals surface area contributed by atoms with E-state index in [-0.39, 0.29) is 0 Å². The fourth-order valence-corrected chi connectivity index (χ4v) is 4.05. The van der Waals surface area contributed by atoms with Crippen molar-refractivity contribution in [3.63, 3.8) is 0 Å². The summed E-state index contributed by atoms with van der Waals surface area (Å²) >= 11 is 5.85. The number of benzene rings is 2. The van der Waals surface area contributed by atoms with Crippen LogP contribution < -0.4 is 14.8 Å². The second kappa shape index (κ2) is 12.0. The summed E-state index contributed by atoms with van der Waals surface area (Å²) < 4.78 is 16.4. The van der Waals surface area contributed by atoms with E-state index in [4.69, 9.17) is 26.4 Å². The molecule has 2 aromatic carbocycles. The molecule has 0 bridgehead atoms. The predicted octanol–water partition coefficient (Wildman–Crippen LogP) is 4.24. The first-order valence-electron chi connectivity index (χ1n) is 11.1. The molecule has 1 fully saturated rings. The molecule has 32 heavy (non-hydrogen) atoms. The number of ether oxygens (including phenoxy) is 3. The predicted molar refractivity (Wildman–Crippen MR) is 134 cm³/mol. The van der Waals surface area contributed by atoms with Crippen molar-refractivity contribution in [2.45, 2.75) is 26.8 Å². The van der Waals surface area contributed by atoms with Gasteiger partial charge in [-0.15, -0.1) is 0 Å². The molecular formula is C25H35N3O3S. The largest absolute Gasteiger partial charge is 0.497 e. The zero-order valence-electron chi connectivity index (χ0n) is 19.6. The van der Waals surface area contributed by atoms with Gasteiger partial charge in [0.05, 0.1) is 27.4 Å². The number of nitrogens with one attached hydrogen (secondary N) is 1. The molecular weight excluding hydrogens is 422 g/mol. The van der Waals surface area contributed by atoms with Crippen LogP contribution in [0, 0.1) is 13.8 Å². The molecule has 0 unspecified atom stereocenters. The first kappa shape index (κ1) is 24.3. The Labute approximate surface area is 197 Å². The molecule has 0 aromatic heterocycles. The summed E-state index contributed by atoms with van der Waals surface area (Å²) in [5, 5.41) is 4.15. The fourth-order valence-electron chi connectivity index (χ4n) is 3.77. The topological polar surface area (TPSA) is 46.2 Å². The quantitative estimate of drug-likeness (QED) is 0.565. The number of anilines is 1. The minimum Gasteiger partial charge on any atom is -0.497 e. The minimum absolute atomic E-state index is 0.660. The van der Waals surface area contributed by atoms with Crippen molar-refractivity contribution in [3.8, 4) is 11.5 Å². The van der Waals surface area contributed by atoms with Crippen molar-refractivity contribution >= 4 is 23.0 Å². The number of hydrogen-bond donors (Lipinski definition) is 1. The number of rotatable bonds is 9. The van der Waals surface area contributed by atoms with Gasteiger partial charge in [0.2, 0.25) is 0 Å². The van der Waals surface area contributed by atoms with Crippen molar-refractivity contribution in [1.82, 2.24) is 9.80 Å². The Morgan fingerprint density at radius 3 is 2.53 bits per heavy atom. The van der Waals surface area contributed by atoms with Gasteiger partial charge < -0.3 is 24.4 Å². The third kappa shape index (κ3) is 6.82. The molecule has 1 heterocycles. The molecule has 0 aliphatic carbocycles. The third-order valence-corrected chi connectivity index (χ3v) is 6.27. The lowest BCUT2D eigenvalue weighted by Gasteiger charge is -2.30. The van der Waals surface area contributed by atoms with E-state index in [2.05, 4.69) is 47.2 Å². The molecule has 174 valence electrons. The van der Waals surface area contributed by atoms with E-state index in [0.717, 1.165) is 68.6 Å². The number of nitrogens with zero attached hydrogens (tertiary/aromatic N) is 2. The zero-order valence-corrected chi connectivity index (χ0v) is 20.5. The molecule has 1 N–H and O–H groups in total. The van der Waals surface area contributed by atoms with Gasteiger partial charge in [0.1, 0.15) is 11.5 Å². The molecule has 0 spiro atoms. The van der Waals surface area contributed by atoms with Gasteiger partial charge in [-0.2, -0.15) is 0 Å². The Kier molecular flexibility index (Phi) is 9.14. The summed E-state index contributed by atoms with van der Waals surface area (Å²) in [5.41, 5.74) is 4.60. The monoisotopic (exact) mass is 457 g/mol. The van der Waals surface area contributed by atoms with Crippen LogP contribution in [0.5, 0.6) is 11.5 Å². The highest BCUT2D eigenvalue weighted by Gasteiger charge is 2.16. The average molecular weight is 458 g/mol. The van der Waals surface area contributed by atoms with Crippen LogP contribution in [0.3, 0.4) is 0 Å². The van der Waals surface area contributed by atoms with Crippen LogP contribution in [0.2, 0.25) is 0 Å². The van der Waals surface area contributed by atoms with Crippen LogP contribution >= 0.6 is 12.2 Å². The Balaban J connectivity index is 1.71. The van der Waals surface area contributed by atoms with E-state index in [1.165, 1.54) is 11.1 Å². The molecule has 0 saturated carbocycles. The normalized spacial score (nSPS) is 14.1. The van der Waals surface area contributed by atoms with Crippen LogP contribution in [-0.4, -0.2) is 68.5 Å². The van der Waals surface area contributed by atoms with Gasteiger partial charge in [-0.3, -0.25) is 4.90 Å². The number of aryl methyl sites for hydroxylation is 2. The van der Waals surface area contributed by atoms with Crippen molar-refractivity contribution in [2.75, 3.05) is 58.9 Å². The molecule has 0 radical (unpaired) electrons. The second-order valence-electron chi connectivity index (χ2n) is 8.14. The van der Waals surface area contributed by atoms with Gasteiger partial charge in [0, 0.05) is 50.0 Å². The van der Waals surface area contributed by atoms with Gasteiger partial charge in [-0.25, -0.2) is 0 Å². The third-order valence-electron chi connectivity index (χ3n) is 5.91. The average Bonchev–Trinajstić information content (AvgIpc) is 2.81. The number of hydrogen-bond acceptors (Lipinski definition) is 5. The minimum atomic E-state index is 0.660. The van der Waals surface area contributed by atoms with Crippen LogP contribution in [0.4, 0.5) is 5.69 Å². The molecule has 2 aromatic rings. The lowest BCUT2D eigenvalue weighted by atomic mass is 10.1. The molecule has 3 rings (SSSR count). The van der Waals surface area contributed by atoms with Gasteiger partial charge >= 0.3 is 0 Å². The van der Waals surface area contributed by atoms with Crippen molar-refractivity contribution in [1.29, 1.82) is 0 Å². The van der Waals surface area contributed by atoms with E-state index in [1.54, 1.807) is 14.2 Å². The van der Waals surface area contributed by atoms with Gasteiger partial charge in [-0.05, 0) is 67.9 Å². The van der Waals surface area contributed by atoms with E-state index in [9.17, 15) is 0 Å². The standard InChI is InChI=1S/C25H35N3O3S/c1-19-6-8-22(16-20(19)2)26-25(32)28(11-5-10-27-12-14-31-15-13-27)18-21-7-9-23(29-3)17-24(21)30-4/h6-9,16-17H,5,10-15,18H2,1-4H3,(H,26,32). The van der Waals surface area contributed by atoms with Crippen molar-refractivity contribution in [3.05, 3.63) is 53.1 Å². The summed E-state index contributed by atoms with van der Waals surface area (Å²) in [6, 6.07) is 12.3. The molecule has 0 amide bonds. The number of methoxy groups -OCH3 is 2. The summed E-state index contributed by atoms with van der Waals surface area (Å²) in [7, 11) is 3.35. The maximum Gasteiger partial charge on any atom is 0.173 e. The van der Waals surface area contributed by atoms with E-state index >= 15 is 0 Å². The zero-order chi connectivity index (χ0) is 22.9. The van der Waals surface area contributed by atoms with Crippen LogP contribution in [0.25, 0.3) is 0 Å². The number of morpholine rings is 1. The summed E-state index contributed by atoms with van der Waals surface area (Å²) in [5.74, 6) is 1.58. The molecule has 1 saturated heterocycles. The summed E-state index contributed by atoms with van der Waals surface area (Å²) in [4.78, 5) is 4.67. The number of thiocarbonyl (C=S) groups is 1. The van der Waals surface area contributed by atoms with E-state index < -0.39 is 0 Å². The van der Waals surface area contributed by atoms with Crippen LogP contribution in [0.15, 0.2) is 36.4 Å². The van der Waals surface area contributed by atoms with Crippen LogP contribution in [0.1, 0.15) is 23.1 Å². The Morgan fingerprint density at radius 2 is 1.84 bits per heavy atom. The van der Waals surface area contributed by atoms with Gasteiger partial charge in [0.25, 0.3) is 0 Å². The molecule has 6 nitrogen and oxygen atoms in total. The highest BCUT2D eigenvalue weighted by Crippen LogP contribution is 2.26. The molecule has 1 aliphatic heterocycles. The molecule has 0 atom stereocenters. The highest BCUT2D eigenvalue weighted by molar-refractivity contribution is 7.80. The summed E-state index contributed by atoms with van der Waals surface area (Å²) in [6.45, 7) is 10.4. The van der Waals surface area contributed by atoms with Gasteiger partial charge in [-0.1, -0.05) is 6.07 Å². The molecule has 7 heteroatoms. The Morgan fingerprint density at radius 1 is 1.06 bits per heavy atom. The second-order valence-corrected chi connectivity index (χ2v) is 8.52. The van der Waals surface area contributed by atoms with Gasteiger partial charge in [0.15, 0.2) is 5.11 Å². The highest BCUT2D eigenvalue weighted by atomic mass is 32.1.